The van der Waals surface area contributed by atoms with Crippen molar-refractivity contribution in [1.82, 2.24) is 10.2 Å². The number of benzene rings is 1. The molecule has 1 aromatic heterocycles. The van der Waals surface area contributed by atoms with E-state index in [1.807, 2.05) is 0 Å². The Bertz CT molecular complexity index is 531. The van der Waals surface area contributed by atoms with E-state index in [1.165, 1.54) is 6.07 Å². The molecule has 0 saturated carbocycles. The number of rotatable bonds is 1. The van der Waals surface area contributed by atoms with E-state index < -0.39 is 0 Å². The summed E-state index contributed by atoms with van der Waals surface area (Å²) in [7, 11) is 0. The van der Waals surface area contributed by atoms with Gasteiger partial charge in [-0.05, 0) is 34.1 Å². The Morgan fingerprint density at radius 3 is 2.67 bits per heavy atom. The Labute approximate surface area is 93.7 Å². The molecule has 0 aliphatic carbocycles. The number of nitrogens with one attached hydrogen (secondary N) is 1. The van der Waals surface area contributed by atoms with Crippen LogP contribution >= 0.6 is 15.9 Å². The molecule has 0 aliphatic rings. The first-order valence-electron chi connectivity index (χ1n) is 4.21. The maximum atomic E-state index is 10.8. The lowest BCUT2D eigenvalue weighted by Gasteiger charge is -2.01. The van der Waals surface area contributed by atoms with Crippen molar-refractivity contribution in [3.8, 4) is 17.0 Å². The third-order valence-electron chi connectivity index (χ3n) is 1.92. The Kier molecular flexibility index (Phi) is 2.55. The Balaban J connectivity index is 2.50. The van der Waals surface area contributed by atoms with E-state index in [4.69, 9.17) is 0 Å². The maximum Gasteiger partial charge on any atom is 0.264 e. The molecular weight excluding hydrogens is 260 g/mol. The Hall–Kier alpha value is -1.62. The van der Waals surface area contributed by atoms with Gasteiger partial charge >= 0.3 is 0 Å². The molecule has 2 rings (SSSR count). The van der Waals surface area contributed by atoms with Crippen molar-refractivity contribution in [2.45, 2.75) is 0 Å². The average molecular weight is 267 g/mol. The summed E-state index contributed by atoms with van der Waals surface area (Å²) in [6, 6.07) is 8.08. The molecule has 0 unspecified atom stereocenters. The van der Waals surface area contributed by atoms with Crippen LogP contribution in [0.1, 0.15) is 0 Å². The van der Waals surface area contributed by atoms with Crippen molar-refractivity contribution < 1.29 is 5.11 Å². The molecule has 0 radical (unpaired) electrons. The number of hydrogen-bond acceptors (Lipinski definition) is 3. The van der Waals surface area contributed by atoms with Crippen molar-refractivity contribution >= 4 is 15.9 Å². The highest BCUT2D eigenvalue weighted by atomic mass is 79.9. The molecule has 76 valence electrons. The highest BCUT2D eigenvalue weighted by Crippen LogP contribution is 2.28. The molecule has 4 nitrogen and oxygen atoms in total. The second-order valence-corrected chi connectivity index (χ2v) is 3.83. The Morgan fingerprint density at radius 1 is 1.27 bits per heavy atom. The van der Waals surface area contributed by atoms with Crippen molar-refractivity contribution in [2.75, 3.05) is 0 Å². The number of phenols is 1. The van der Waals surface area contributed by atoms with Gasteiger partial charge in [0, 0.05) is 11.6 Å². The molecule has 0 amide bonds. The van der Waals surface area contributed by atoms with Gasteiger partial charge in [-0.25, -0.2) is 5.10 Å². The lowest BCUT2D eigenvalue weighted by Crippen LogP contribution is -2.05. The summed E-state index contributed by atoms with van der Waals surface area (Å²) in [6.07, 6.45) is 0. The number of nitrogens with zero attached hydrogens (tertiary/aromatic N) is 1. The molecular formula is C10H7BrN2O2. The molecule has 0 saturated heterocycles. The number of aromatic nitrogens is 2. The van der Waals surface area contributed by atoms with Gasteiger partial charge in [0.2, 0.25) is 0 Å². The van der Waals surface area contributed by atoms with Crippen LogP contribution in [0.15, 0.2) is 39.6 Å². The second kappa shape index (κ2) is 3.86. The lowest BCUT2D eigenvalue weighted by atomic mass is 10.1. The highest BCUT2D eigenvalue weighted by Gasteiger charge is 2.03. The lowest BCUT2D eigenvalue weighted by molar-refractivity contribution is 0.472. The van der Waals surface area contributed by atoms with E-state index >= 15 is 0 Å². The number of halogens is 1. The molecule has 15 heavy (non-hydrogen) atoms. The quantitative estimate of drug-likeness (QED) is 0.829. The summed E-state index contributed by atoms with van der Waals surface area (Å²) in [4.78, 5) is 10.8. The predicted octanol–water partition coefficient (Wildman–Crippen LogP) is 1.90. The van der Waals surface area contributed by atoms with E-state index in [0.29, 0.717) is 10.2 Å². The highest BCUT2D eigenvalue weighted by molar-refractivity contribution is 9.10. The zero-order valence-electron chi connectivity index (χ0n) is 7.57. The molecule has 0 fully saturated rings. The number of H-pyrrole nitrogens is 1. The maximum absolute atomic E-state index is 10.8. The number of aromatic hydroxyl groups is 1. The van der Waals surface area contributed by atoms with Crippen LogP contribution in [0.25, 0.3) is 11.3 Å². The molecule has 0 spiro atoms. The van der Waals surface area contributed by atoms with Gasteiger partial charge in [-0.3, -0.25) is 4.79 Å². The minimum Gasteiger partial charge on any atom is -0.507 e. The Morgan fingerprint density at radius 2 is 2.07 bits per heavy atom. The van der Waals surface area contributed by atoms with Gasteiger partial charge in [0.05, 0.1) is 10.2 Å². The summed E-state index contributed by atoms with van der Waals surface area (Å²) in [5.41, 5.74) is 1.10. The van der Waals surface area contributed by atoms with E-state index in [9.17, 15) is 9.90 Å². The van der Waals surface area contributed by atoms with E-state index in [1.54, 1.807) is 24.3 Å². The summed E-state index contributed by atoms with van der Waals surface area (Å²) < 4.78 is 0.621. The average Bonchev–Trinajstić information content (AvgIpc) is 2.23. The van der Waals surface area contributed by atoms with Crippen molar-refractivity contribution in [3.05, 3.63) is 45.2 Å². The van der Waals surface area contributed by atoms with Crippen LogP contribution in [-0.2, 0) is 0 Å². The molecule has 2 N–H and O–H groups in total. The van der Waals surface area contributed by atoms with Gasteiger partial charge in [-0.2, -0.15) is 5.10 Å². The third-order valence-corrected chi connectivity index (χ3v) is 2.59. The van der Waals surface area contributed by atoms with Crippen molar-refractivity contribution in [1.29, 1.82) is 0 Å². The minimum atomic E-state index is -0.250. The molecule has 0 atom stereocenters. The summed E-state index contributed by atoms with van der Waals surface area (Å²) >= 11 is 3.19. The van der Waals surface area contributed by atoms with Crippen LogP contribution in [0.2, 0.25) is 0 Å². The van der Waals surface area contributed by atoms with E-state index in [2.05, 4.69) is 26.1 Å². The number of phenolic OH excluding ortho intramolecular Hbond substituents is 1. The molecule has 0 bridgehead atoms. The van der Waals surface area contributed by atoms with Crippen LogP contribution < -0.4 is 5.56 Å². The van der Waals surface area contributed by atoms with Gasteiger partial charge < -0.3 is 5.11 Å². The van der Waals surface area contributed by atoms with Crippen LogP contribution in [0.3, 0.4) is 0 Å². The molecule has 1 aromatic carbocycles. The zero-order chi connectivity index (χ0) is 10.8. The van der Waals surface area contributed by atoms with Crippen molar-refractivity contribution in [2.24, 2.45) is 0 Å². The third kappa shape index (κ3) is 2.07. The fraction of sp³-hybridized carbons (Fsp3) is 0. The zero-order valence-corrected chi connectivity index (χ0v) is 9.15. The van der Waals surface area contributed by atoms with Gasteiger partial charge in [0.25, 0.3) is 5.56 Å². The number of hydrogen-bond donors (Lipinski definition) is 2. The van der Waals surface area contributed by atoms with Crippen LogP contribution in [0.5, 0.6) is 5.75 Å². The van der Waals surface area contributed by atoms with E-state index in [0.717, 1.165) is 5.56 Å². The standard InChI is InChI=1S/C10H7BrN2O2/c11-7-2-1-6(5-9(7)14)8-3-4-10(15)13-12-8/h1-5,14H,(H,13,15). The van der Waals surface area contributed by atoms with Crippen molar-refractivity contribution in [3.63, 3.8) is 0 Å². The topological polar surface area (TPSA) is 66.0 Å². The minimum absolute atomic E-state index is 0.139. The first-order chi connectivity index (χ1) is 7.16. The first kappa shape index (κ1) is 9.92. The summed E-state index contributed by atoms with van der Waals surface area (Å²) in [6.45, 7) is 0. The predicted molar refractivity (Wildman–Crippen MR) is 59.7 cm³/mol. The summed E-state index contributed by atoms with van der Waals surface area (Å²) in [5, 5.41) is 15.7. The summed E-state index contributed by atoms with van der Waals surface area (Å²) in [5.74, 6) is 0.139. The SMILES string of the molecule is O=c1ccc(-c2ccc(Br)c(O)c2)n[nH]1. The van der Waals surface area contributed by atoms with Gasteiger partial charge in [0.1, 0.15) is 5.75 Å². The van der Waals surface area contributed by atoms with Gasteiger partial charge in [0.15, 0.2) is 0 Å². The van der Waals surface area contributed by atoms with Gasteiger partial charge in [-0.1, -0.05) is 6.07 Å². The second-order valence-electron chi connectivity index (χ2n) is 2.97. The fourth-order valence-corrected chi connectivity index (χ4v) is 1.42. The van der Waals surface area contributed by atoms with Crippen LogP contribution in [-0.4, -0.2) is 15.3 Å². The molecule has 2 aromatic rings. The smallest absolute Gasteiger partial charge is 0.264 e. The normalized spacial score (nSPS) is 10.2. The largest absolute Gasteiger partial charge is 0.507 e. The fourth-order valence-electron chi connectivity index (χ4n) is 1.18. The van der Waals surface area contributed by atoms with Gasteiger partial charge in [-0.15, -0.1) is 0 Å². The molecule has 0 aliphatic heterocycles. The monoisotopic (exact) mass is 266 g/mol. The first-order valence-corrected chi connectivity index (χ1v) is 5.01. The van der Waals surface area contributed by atoms with E-state index in [-0.39, 0.29) is 11.3 Å². The molecule has 1 heterocycles. The van der Waals surface area contributed by atoms with Crippen LogP contribution in [0.4, 0.5) is 0 Å². The number of aromatic amines is 1. The molecule has 5 heteroatoms. The van der Waals surface area contributed by atoms with Crippen LogP contribution in [0, 0.1) is 0 Å².